The smallest absolute Gasteiger partial charge is 0.340 e. The van der Waals surface area contributed by atoms with Crippen LogP contribution in [0.5, 0.6) is 0 Å². The molecular formula is C16H23ClN2O5S. The highest BCUT2D eigenvalue weighted by atomic mass is 35.5. The molecule has 1 amide bonds. The first-order valence-corrected chi connectivity index (χ1v) is 9.58. The Labute approximate surface area is 153 Å². The van der Waals surface area contributed by atoms with Crippen LogP contribution in [0.15, 0.2) is 23.1 Å². The highest BCUT2D eigenvalue weighted by Crippen LogP contribution is 2.21. The topological polar surface area (TPSA) is 92.8 Å². The minimum Gasteiger partial charge on any atom is -0.452 e. The number of sulfonamides is 1. The largest absolute Gasteiger partial charge is 0.452 e. The van der Waals surface area contributed by atoms with Crippen molar-refractivity contribution in [1.29, 1.82) is 0 Å². The number of halogens is 1. The van der Waals surface area contributed by atoms with Gasteiger partial charge in [0.2, 0.25) is 10.0 Å². The van der Waals surface area contributed by atoms with Gasteiger partial charge >= 0.3 is 5.97 Å². The predicted molar refractivity (Wildman–Crippen MR) is 95.1 cm³/mol. The summed E-state index contributed by atoms with van der Waals surface area (Å²) in [7, 11) is -2.47. The summed E-state index contributed by atoms with van der Waals surface area (Å²) in [5.41, 5.74) is -0.119. The van der Waals surface area contributed by atoms with Gasteiger partial charge in [0.25, 0.3) is 5.91 Å². The highest BCUT2D eigenvalue weighted by Gasteiger charge is 2.23. The van der Waals surface area contributed by atoms with Gasteiger partial charge in [0.05, 0.1) is 15.5 Å². The first kappa shape index (κ1) is 21.4. The van der Waals surface area contributed by atoms with E-state index < -0.39 is 22.6 Å². The molecule has 0 radical (unpaired) electrons. The maximum atomic E-state index is 12.2. The minimum atomic E-state index is -3.73. The quantitative estimate of drug-likeness (QED) is 0.719. The van der Waals surface area contributed by atoms with E-state index in [1.807, 2.05) is 27.7 Å². The summed E-state index contributed by atoms with van der Waals surface area (Å²) >= 11 is 5.95. The third-order valence-electron chi connectivity index (χ3n) is 3.46. The van der Waals surface area contributed by atoms with Gasteiger partial charge in [-0.05, 0) is 52.9 Å². The average molecular weight is 391 g/mol. The second kappa shape index (κ2) is 8.64. The van der Waals surface area contributed by atoms with Crippen LogP contribution in [-0.4, -0.2) is 50.9 Å². The average Bonchev–Trinajstić information content (AvgIpc) is 2.52. The zero-order valence-corrected chi connectivity index (χ0v) is 16.4. The number of hydrogen-bond donors (Lipinski definition) is 1. The van der Waals surface area contributed by atoms with Crippen LogP contribution >= 0.6 is 11.6 Å². The van der Waals surface area contributed by atoms with Gasteiger partial charge in [-0.1, -0.05) is 11.6 Å². The Balaban J connectivity index is 2.95. The van der Waals surface area contributed by atoms with Crippen LogP contribution in [-0.2, 0) is 19.6 Å². The van der Waals surface area contributed by atoms with Gasteiger partial charge in [0, 0.05) is 12.1 Å². The molecule has 1 N–H and O–H groups in total. The van der Waals surface area contributed by atoms with Crippen molar-refractivity contribution in [2.45, 2.75) is 44.7 Å². The van der Waals surface area contributed by atoms with Crippen molar-refractivity contribution in [2.24, 2.45) is 0 Å². The molecule has 0 aliphatic heterocycles. The second-order valence-corrected chi connectivity index (χ2v) is 8.21. The molecule has 0 saturated heterocycles. The summed E-state index contributed by atoms with van der Waals surface area (Å²) in [6.45, 7) is 7.01. The molecule has 0 saturated carbocycles. The molecule has 0 aliphatic rings. The van der Waals surface area contributed by atoms with Crippen LogP contribution in [0.25, 0.3) is 0 Å². The summed E-state index contributed by atoms with van der Waals surface area (Å²) in [6, 6.07) is 3.59. The number of hydrogen-bond acceptors (Lipinski definition) is 5. The van der Waals surface area contributed by atoms with Crippen molar-refractivity contribution in [3.8, 4) is 0 Å². The van der Waals surface area contributed by atoms with Crippen molar-refractivity contribution >= 4 is 33.5 Å². The Morgan fingerprint density at radius 3 is 2.24 bits per heavy atom. The Morgan fingerprint density at radius 1 is 1.20 bits per heavy atom. The molecule has 1 aromatic rings. The first-order chi connectivity index (χ1) is 11.5. The predicted octanol–water partition coefficient (Wildman–Crippen LogP) is 2.05. The van der Waals surface area contributed by atoms with Crippen LogP contribution in [0, 0.1) is 0 Å². The number of benzene rings is 1. The molecule has 0 heterocycles. The standard InChI is InChI=1S/C16H23ClN2O5S/c1-10(2)19(11(3)4)15(20)9-24-16(21)13-8-12(6-7-14(13)17)25(22,23)18-5/h6-8,10-11,18H,9H2,1-5H3. The van der Waals surface area contributed by atoms with Crippen LogP contribution in [0.1, 0.15) is 38.1 Å². The molecule has 7 nitrogen and oxygen atoms in total. The third-order valence-corrected chi connectivity index (χ3v) is 5.21. The number of nitrogens with one attached hydrogen (secondary N) is 1. The zero-order chi connectivity index (χ0) is 19.4. The maximum absolute atomic E-state index is 12.2. The summed E-state index contributed by atoms with van der Waals surface area (Å²) in [6.07, 6.45) is 0. The molecule has 140 valence electrons. The Morgan fingerprint density at radius 2 is 1.76 bits per heavy atom. The van der Waals surface area contributed by atoms with Gasteiger partial charge in [0.15, 0.2) is 6.61 Å². The fourth-order valence-corrected chi connectivity index (χ4v) is 3.35. The number of carbonyl (C=O) groups excluding carboxylic acids is 2. The van der Waals surface area contributed by atoms with Crippen molar-refractivity contribution in [1.82, 2.24) is 9.62 Å². The summed E-state index contributed by atoms with van der Waals surface area (Å²) in [5, 5.41) is 0.0390. The van der Waals surface area contributed by atoms with E-state index in [0.717, 1.165) is 6.07 Å². The molecule has 0 aliphatic carbocycles. The van der Waals surface area contributed by atoms with Gasteiger partial charge in [-0.25, -0.2) is 17.9 Å². The maximum Gasteiger partial charge on any atom is 0.340 e. The van der Waals surface area contributed by atoms with Crippen molar-refractivity contribution in [3.63, 3.8) is 0 Å². The monoisotopic (exact) mass is 390 g/mol. The molecule has 0 aromatic heterocycles. The molecule has 1 rings (SSSR count). The minimum absolute atomic E-state index is 0.0390. The van der Waals surface area contributed by atoms with Gasteiger partial charge in [-0.2, -0.15) is 0 Å². The van der Waals surface area contributed by atoms with Crippen molar-refractivity contribution in [3.05, 3.63) is 28.8 Å². The summed E-state index contributed by atoms with van der Waals surface area (Å²) < 4.78 is 30.8. The molecular weight excluding hydrogens is 368 g/mol. The van der Waals surface area contributed by atoms with Crippen LogP contribution in [0.3, 0.4) is 0 Å². The zero-order valence-electron chi connectivity index (χ0n) is 14.9. The molecule has 25 heavy (non-hydrogen) atoms. The van der Waals surface area contributed by atoms with E-state index in [1.165, 1.54) is 19.2 Å². The summed E-state index contributed by atoms with van der Waals surface area (Å²) in [4.78, 5) is 25.9. The van der Waals surface area contributed by atoms with Gasteiger partial charge in [0.1, 0.15) is 0 Å². The van der Waals surface area contributed by atoms with E-state index in [2.05, 4.69) is 4.72 Å². The number of rotatable bonds is 7. The third kappa shape index (κ3) is 5.42. The van der Waals surface area contributed by atoms with Gasteiger partial charge in [-0.3, -0.25) is 4.79 Å². The van der Waals surface area contributed by atoms with E-state index in [4.69, 9.17) is 16.3 Å². The lowest BCUT2D eigenvalue weighted by molar-refractivity contribution is -0.138. The Bertz CT molecular complexity index is 739. The normalized spacial score (nSPS) is 11.7. The van der Waals surface area contributed by atoms with Crippen LogP contribution in [0.4, 0.5) is 0 Å². The van der Waals surface area contributed by atoms with Crippen LogP contribution < -0.4 is 4.72 Å². The van der Waals surface area contributed by atoms with Crippen molar-refractivity contribution < 1.29 is 22.7 Å². The van der Waals surface area contributed by atoms with Gasteiger partial charge < -0.3 is 9.64 Å². The van der Waals surface area contributed by atoms with Gasteiger partial charge in [-0.15, -0.1) is 0 Å². The fourth-order valence-electron chi connectivity index (χ4n) is 2.40. The van der Waals surface area contributed by atoms with E-state index >= 15 is 0 Å². The number of ether oxygens (including phenoxy) is 1. The number of amides is 1. The van der Waals surface area contributed by atoms with E-state index in [-0.39, 0.29) is 33.5 Å². The number of nitrogens with zero attached hydrogens (tertiary/aromatic N) is 1. The SMILES string of the molecule is CNS(=O)(=O)c1ccc(Cl)c(C(=O)OCC(=O)N(C(C)C)C(C)C)c1. The van der Waals surface area contributed by atoms with Crippen molar-refractivity contribution in [2.75, 3.05) is 13.7 Å². The lowest BCUT2D eigenvalue weighted by Crippen LogP contribution is -2.44. The second-order valence-electron chi connectivity index (χ2n) is 5.91. The first-order valence-electron chi connectivity index (χ1n) is 7.72. The molecule has 0 atom stereocenters. The Kier molecular flexibility index (Phi) is 7.40. The molecule has 0 unspecified atom stereocenters. The fraction of sp³-hybridized carbons (Fsp3) is 0.500. The Hall–Kier alpha value is -1.64. The molecule has 0 bridgehead atoms. The van der Waals surface area contributed by atoms with Crippen LogP contribution in [0.2, 0.25) is 5.02 Å². The number of carbonyl (C=O) groups is 2. The van der Waals surface area contributed by atoms with E-state index in [0.29, 0.717) is 0 Å². The summed E-state index contributed by atoms with van der Waals surface area (Å²) in [5.74, 6) is -1.20. The lowest BCUT2D eigenvalue weighted by Gasteiger charge is -2.30. The highest BCUT2D eigenvalue weighted by molar-refractivity contribution is 7.89. The molecule has 1 aromatic carbocycles. The number of esters is 1. The molecule has 0 fully saturated rings. The van der Waals surface area contributed by atoms with E-state index in [9.17, 15) is 18.0 Å². The lowest BCUT2D eigenvalue weighted by atomic mass is 10.2. The molecule has 0 spiro atoms. The van der Waals surface area contributed by atoms with E-state index in [1.54, 1.807) is 4.90 Å². The molecule has 9 heteroatoms.